The molecule has 4 nitrogen and oxygen atoms in total. The largest absolute Gasteiger partial charge is 0.508 e. The van der Waals surface area contributed by atoms with Crippen LogP contribution < -0.4 is 10.6 Å². The molecule has 1 aromatic rings. The van der Waals surface area contributed by atoms with Gasteiger partial charge in [0.1, 0.15) is 5.75 Å². The summed E-state index contributed by atoms with van der Waals surface area (Å²) in [5.41, 5.74) is 1.01. The fourth-order valence-corrected chi connectivity index (χ4v) is 2.23. The van der Waals surface area contributed by atoms with Gasteiger partial charge in [0.15, 0.2) is 0 Å². The number of carbonyl (C=O) groups excluding carboxylic acids is 1. The zero-order valence-electron chi connectivity index (χ0n) is 10.5. The number of benzene rings is 1. The topological polar surface area (TPSA) is 61.4 Å². The van der Waals surface area contributed by atoms with Gasteiger partial charge in [0.05, 0.1) is 0 Å². The average Bonchev–Trinajstić information content (AvgIpc) is 2.39. The Balaban J connectivity index is 1.72. The predicted molar refractivity (Wildman–Crippen MR) is 70.2 cm³/mol. The van der Waals surface area contributed by atoms with E-state index in [2.05, 4.69) is 10.6 Å². The second kappa shape index (κ2) is 6.40. The van der Waals surface area contributed by atoms with Crippen molar-refractivity contribution in [1.29, 1.82) is 0 Å². The van der Waals surface area contributed by atoms with Crippen molar-refractivity contribution in [1.82, 2.24) is 10.6 Å². The summed E-state index contributed by atoms with van der Waals surface area (Å²) in [5.74, 6) is 0.890. The first kappa shape index (κ1) is 12.9. The van der Waals surface area contributed by atoms with Crippen LogP contribution >= 0.6 is 0 Å². The maximum absolute atomic E-state index is 11.8. The lowest BCUT2D eigenvalue weighted by Gasteiger charge is -2.21. The van der Waals surface area contributed by atoms with Gasteiger partial charge in [-0.3, -0.25) is 4.79 Å². The van der Waals surface area contributed by atoms with E-state index in [-0.39, 0.29) is 11.7 Å². The molecule has 0 unspecified atom stereocenters. The second-order valence-corrected chi connectivity index (χ2v) is 4.84. The normalized spacial score (nSPS) is 16.4. The molecule has 0 saturated carbocycles. The Kier molecular flexibility index (Phi) is 4.59. The Morgan fingerprint density at radius 2 is 1.94 bits per heavy atom. The fraction of sp³-hybridized carbons (Fsp3) is 0.500. The Labute approximate surface area is 107 Å². The van der Waals surface area contributed by atoms with E-state index in [1.165, 1.54) is 0 Å². The average molecular weight is 248 g/mol. The number of piperidine rings is 1. The zero-order chi connectivity index (χ0) is 12.8. The van der Waals surface area contributed by atoms with Gasteiger partial charge < -0.3 is 15.7 Å². The van der Waals surface area contributed by atoms with E-state index in [1.54, 1.807) is 12.1 Å². The van der Waals surface area contributed by atoms with Crippen molar-refractivity contribution in [3.05, 3.63) is 29.8 Å². The summed E-state index contributed by atoms with van der Waals surface area (Å²) < 4.78 is 0. The van der Waals surface area contributed by atoms with Crippen LogP contribution in [0.1, 0.15) is 24.8 Å². The number of nitrogens with one attached hydrogen (secondary N) is 2. The molecular formula is C14H20N2O2. The van der Waals surface area contributed by atoms with Gasteiger partial charge in [-0.1, -0.05) is 12.1 Å². The molecule has 1 saturated heterocycles. The summed E-state index contributed by atoms with van der Waals surface area (Å²) in [6, 6.07) is 6.91. The third kappa shape index (κ3) is 4.04. The number of phenolic OH excluding ortho intramolecular Hbond substituents is 1. The molecule has 18 heavy (non-hydrogen) atoms. The van der Waals surface area contributed by atoms with Crippen LogP contribution in [-0.4, -0.2) is 24.1 Å². The quantitative estimate of drug-likeness (QED) is 0.754. The van der Waals surface area contributed by atoms with Gasteiger partial charge in [0.2, 0.25) is 5.91 Å². The lowest BCUT2D eigenvalue weighted by Crippen LogP contribution is -2.32. The van der Waals surface area contributed by atoms with E-state index >= 15 is 0 Å². The summed E-state index contributed by atoms with van der Waals surface area (Å²) in [6.07, 6.45) is 2.80. The van der Waals surface area contributed by atoms with Gasteiger partial charge in [0.25, 0.3) is 0 Å². The molecule has 3 N–H and O–H groups in total. The molecule has 0 atom stereocenters. The van der Waals surface area contributed by atoms with Crippen LogP contribution in [0, 0.1) is 5.92 Å². The minimum atomic E-state index is 0.120. The molecule has 4 heteroatoms. The molecule has 0 bridgehead atoms. The number of hydrogen-bond acceptors (Lipinski definition) is 3. The highest BCUT2D eigenvalue weighted by molar-refractivity contribution is 5.76. The molecule has 98 valence electrons. The fourth-order valence-electron chi connectivity index (χ4n) is 2.23. The van der Waals surface area contributed by atoms with Crippen molar-refractivity contribution in [3.8, 4) is 5.75 Å². The third-order valence-electron chi connectivity index (χ3n) is 3.36. The van der Waals surface area contributed by atoms with Crippen LogP contribution in [-0.2, 0) is 11.3 Å². The Morgan fingerprint density at radius 3 is 2.61 bits per heavy atom. The number of carbonyl (C=O) groups is 1. The number of hydrogen-bond donors (Lipinski definition) is 3. The third-order valence-corrected chi connectivity index (χ3v) is 3.36. The van der Waals surface area contributed by atoms with Crippen LogP contribution in [0.3, 0.4) is 0 Å². The van der Waals surface area contributed by atoms with Crippen LogP contribution in [0.15, 0.2) is 24.3 Å². The standard InChI is InChI=1S/C14H20N2O2/c17-13-3-1-12(2-4-13)10-16-14(18)9-11-5-7-15-8-6-11/h1-4,11,15,17H,5-10H2,(H,16,18). The monoisotopic (exact) mass is 248 g/mol. The van der Waals surface area contributed by atoms with Crippen LogP contribution in [0.5, 0.6) is 5.75 Å². The summed E-state index contributed by atoms with van der Waals surface area (Å²) in [6.45, 7) is 2.58. The first-order valence-corrected chi connectivity index (χ1v) is 6.49. The van der Waals surface area contributed by atoms with Crippen molar-refractivity contribution in [2.75, 3.05) is 13.1 Å². The molecule has 0 spiro atoms. The maximum atomic E-state index is 11.8. The molecule has 1 aromatic carbocycles. The predicted octanol–water partition coefficient (Wildman–Crippen LogP) is 1.40. The van der Waals surface area contributed by atoms with E-state index in [0.717, 1.165) is 31.5 Å². The molecule has 0 radical (unpaired) electrons. The van der Waals surface area contributed by atoms with Gasteiger partial charge in [-0.2, -0.15) is 0 Å². The van der Waals surface area contributed by atoms with E-state index in [0.29, 0.717) is 18.9 Å². The van der Waals surface area contributed by atoms with Gasteiger partial charge in [-0.05, 0) is 49.5 Å². The maximum Gasteiger partial charge on any atom is 0.220 e. The summed E-state index contributed by atoms with van der Waals surface area (Å²) in [4.78, 5) is 11.8. The molecule has 1 heterocycles. The number of amides is 1. The van der Waals surface area contributed by atoms with Gasteiger partial charge in [-0.15, -0.1) is 0 Å². The summed E-state index contributed by atoms with van der Waals surface area (Å²) in [5, 5.41) is 15.4. The Morgan fingerprint density at radius 1 is 1.28 bits per heavy atom. The lowest BCUT2D eigenvalue weighted by atomic mass is 9.94. The van der Waals surface area contributed by atoms with E-state index in [1.807, 2.05) is 12.1 Å². The minimum Gasteiger partial charge on any atom is -0.508 e. The molecule has 1 aliphatic heterocycles. The smallest absolute Gasteiger partial charge is 0.220 e. The number of aromatic hydroxyl groups is 1. The molecule has 1 amide bonds. The zero-order valence-corrected chi connectivity index (χ0v) is 10.5. The van der Waals surface area contributed by atoms with Crippen molar-refractivity contribution in [2.45, 2.75) is 25.8 Å². The highest BCUT2D eigenvalue weighted by atomic mass is 16.3. The number of phenols is 1. The molecule has 1 fully saturated rings. The SMILES string of the molecule is O=C(CC1CCNCC1)NCc1ccc(O)cc1. The van der Waals surface area contributed by atoms with Gasteiger partial charge >= 0.3 is 0 Å². The first-order chi connectivity index (χ1) is 8.74. The molecule has 0 aromatic heterocycles. The Bertz CT molecular complexity index is 383. The van der Waals surface area contributed by atoms with Crippen LogP contribution in [0.2, 0.25) is 0 Å². The lowest BCUT2D eigenvalue weighted by molar-refractivity contribution is -0.122. The first-order valence-electron chi connectivity index (χ1n) is 6.49. The summed E-state index contributed by atoms with van der Waals surface area (Å²) >= 11 is 0. The highest BCUT2D eigenvalue weighted by Gasteiger charge is 2.16. The highest BCUT2D eigenvalue weighted by Crippen LogP contribution is 2.15. The van der Waals surface area contributed by atoms with E-state index in [9.17, 15) is 4.79 Å². The van der Waals surface area contributed by atoms with Crippen molar-refractivity contribution in [3.63, 3.8) is 0 Å². The van der Waals surface area contributed by atoms with Crippen LogP contribution in [0.4, 0.5) is 0 Å². The van der Waals surface area contributed by atoms with E-state index in [4.69, 9.17) is 5.11 Å². The number of rotatable bonds is 4. The van der Waals surface area contributed by atoms with Crippen LogP contribution in [0.25, 0.3) is 0 Å². The van der Waals surface area contributed by atoms with Gasteiger partial charge in [0, 0.05) is 13.0 Å². The molecular weight excluding hydrogens is 228 g/mol. The van der Waals surface area contributed by atoms with Crippen molar-refractivity contribution >= 4 is 5.91 Å². The van der Waals surface area contributed by atoms with Crippen molar-refractivity contribution < 1.29 is 9.90 Å². The summed E-state index contributed by atoms with van der Waals surface area (Å²) in [7, 11) is 0. The molecule has 1 aliphatic rings. The van der Waals surface area contributed by atoms with E-state index < -0.39 is 0 Å². The molecule has 0 aliphatic carbocycles. The van der Waals surface area contributed by atoms with Crippen molar-refractivity contribution in [2.24, 2.45) is 5.92 Å². The Hall–Kier alpha value is -1.55. The second-order valence-electron chi connectivity index (χ2n) is 4.84. The minimum absolute atomic E-state index is 0.120. The van der Waals surface area contributed by atoms with Gasteiger partial charge in [-0.25, -0.2) is 0 Å². The molecule has 2 rings (SSSR count).